The van der Waals surface area contributed by atoms with Gasteiger partial charge in [0, 0.05) is 0 Å². The van der Waals surface area contributed by atoms with E-state index in [1.54, 1.807) is 16.7 Å². The van der Waals surface area contributed by atoms with Gasteiger partial charge in [-0.2, -0.15) is 0 Å². The van der Waals surface area contributed by atoms with E-state index >= 15 is 0 Å². The van der Waals surface area contributed by atoms with Crippen LogP contribution in [0, 0.1) is 30.6 Å². The Morgan fingerprint density at radius 3 is 1.97 bits per heavy atom. The first-order chi connectivity index (χ1) is 14.6. The quantitative estimate of drug-likeness (QED) is 0.374. The summed E-state index contributed by atoms with van der Waals surface area (Å²) < 4.78 is 0. The molecule has 2 saturated carbocycles. The topological polar surface area (TPSA) is 0 Å². The van der Waals surface area contributed by atoms with Crippen LogP contribution in [0.3, 0.4) is 0 Å². The third-order valence-corrected chi connectivity index (χ3v) is 7.88. The summed E-state index contributed by atoms with van der Waals surface area (Å²) >= 11 is 0. The molecule has 0 aliphatic heterocycles. The Morgan fingerprint density at radius 1 is 0.867 bits per heavy atom. The summed E-state index contributed by atoms with van der Waals surface area (Å²) in [7, 11) is 0. The van der Waals surface area contributed by atoms with Crippen molar-refractivity contribution in [3.8, 4) is 0 Å². The minimum Gasteiger partial charge on any atom is -0.103 e. The van der Waals surface area contributed by atoms with Gasteiger partial charge in [0.05, 0.1) is 0 Å². The molecular weight excluding hydrogens is 360 g/mol. The standard InChI is InChI=1S/C28H44.C2H6/c1-5-8-27-20-26(17-21(4)28(27)7-3)19-25-15-13-24(14-16-25)18-23-11-9-22(6-2)10-12-23;1-2/h6,17,20,22-25H,2,5,7-16,18-19H2,1,3-4H3;1-2H3. The maximum atomic E-state index is 4.00. The lowest BCUT2D eigenvalue weighted by Gasteiger charge is -2.33. The molecule has 0 saturated heterocycles. The van der Waals surface area contributed by atoms with Crippen molar-refractivity contribution in [1.29, 1.82) is 0 Å². The van der Waals surface area contributed by atoms with Crippen LogP contribution < -0.4 is 0 Å². The first-order valence-electron chi connectivity index (χ1n) is 13.4. The smallest absolute Gasteiger partial charge is 0.0236 e. The van der Waals surface area contributed by atoms with Crippen LogP contribution in [0.5, 0.6) is 0 Å². The third kappa shape index (κ3) is 7.28. The Morgan fingerprint density at radius 2 is 1.43 bits per heavy atom. The van der Waals surface area contributed by atoms with Crippen molar-refractivity contribution in [3.63, 3.8) is 0 Å². The summed E-state index contributed by atoms with van der Waals surface area (Å²) in [5, 5.41) is 0. The molecule has 1 aromatic rings. The number of hydrogen-bond acceptors (Lipinski definition) is 0. The Bertz CT molecular complexity index is 609. The fourth-order valence-corrected chi connectivity index (χ4v) is 6.22. The van der Waals surface area contributed by atoms with Crippen molar-refractivity contribution in [2.45, 2.75) is 118 Å². The second kappa shape index (κ2) is 13.4. The number of rotatable bonds is 8. The fraction of sp³-hybridized carbons (Fsp3) is 0.733. The van der Waals surface area contributed by atoms with Crippen LogP contribution in [0.4, 0.5) is 0 Å². The predicted octanol–water partition coefficient (Wildman–Crippen LogP) is 9.27. The molecule has 3 rings (SSSR count). The largest absolute Gasteiger partial charge is 0.103 e. The highest BCUT2D eigenvalue weighted by Crippen LogP contribution is 2.39. The zero-order chi connectivity index (χ0) is 21.9. The van der Waals surface area contributed by atoms with Crippen LogP contribution in [0.15, 0.2) is 24.8 Å². The van der Waals surface area contributed by atoms with E-state index in [4.69, 9.17) is 0 Å². The molecule has 170 valence electrons. The highest BCUT2D eigenvalue weighted by Gasteiger charge is 2.26. The van der Waals surface area contributed by atoms with E-state index in [1.165, 1.54) is 89.0 Å². The SMILES string of the molecule is C=CC1CCC(CC2CCC(Cc3cc(C)c(CC)c(CCC)c3)CC2)CC1.CC. The summed E-state index contributed by atoms with van der Waals surface area (Å²) in [6.07, 6.45) is 20.3. The van der Waals surface area contributed by atoms with Gasteiger partial charge < -0.3 is 0 Å². The lowest BCUT2D eigenvalue weighted by atomic mass is 9.72. The van der Waals surface area contributed by atoms with E-state index in [1.807, 2.05) is 13.8 Å². The Balaban J connectivity index is 0.00000155. The van der Waals surface area contributed by atoms with Crippen LogP contribution in [-0.2, 0) is 19.3 Å². The molecule has 0 amide bonds. The third-order valence-electron chi connectivity index (χ3n) is 7.88. The first-order valence-corrected chi connectivity index (χ1v) is 13.4. The van der Waals surface area contributed by atoms with E-state index in [0.29, 0.717) is 0 Å². The Labute approximate surface area is 188 Å². The average molecular weight is 411 g/mol. The Hall–Kier alpha value is -1.04. The molecular formula is C30H50. The van der Waals surface area contributed by atoms with Crippen LogP contribution >= 0.6 is 0 Å². The number of benzene rings is 1. The zero-order valence-corrected chi connectivity index (χ0v) is 20.9. The van der Waals surface area contributed by atoms with E-state index < -0.39 is 0 Å². The molecule has 1 aromatic carbocycles. The van der Waals surface area contributed by atoms with Gasteiger partial charge in [0.25, 0.3) is 0 Å². The van der Waals surface area contributed by atoms with Gasteiger partial charge >= 0.3 is 0 Å². The lowest BCUT2D eigenvalue weighted by molar-refractivity contribution is 0.201. The summed E-state index contributed by atoms with van der Waals surface area (Å²) in [5.74, 6) is 3.77. The summed E-state index contributed by atoms with van der Waals surface area (Å²) in [6.45, 7) is 15.0. The van der Waals surface area contributed by atoms with E-state index in [0.717, 1.165) is 23.7 Å². The van der Waals surface area contributed by atoms with Crippen LogP contribution in [0.1, 0.15) is 114 Å². The minimum atomic E-state index is 0.812. The van der Waals surface area contributed by atoms with E-state index in [2.05, 4.69) is 45.6 Å². The minimum absolute atomic E-state index is 0.812. The molecule has 0 unspecified atom stereocenters. The molecule has 0 N–H and O–H groups in total. The van der Waals surface area contributed by atoms with Gasteiger partial charge in [-0.25, -0.2) is 0 Å². The number of hydrogen-bond donors (Lipinski definition) is 0. The van der Waals surface area contributed by atoms with Gasteiger partial charge in [0.1, 0.15) is 0 Å². The molecule has 0 nitrogen and oxygen atoms in total. The van der Waals surface area contributed by atoms with Gasteiger partial charge in [-0.05, 0) is 117 Å². The molecule has 0 aromatic heterocycles. The molecule has 0 bridgehead atoms. The normalized spacial score (nSPS) is 26.6. The molecule has 0 radical (unpaired) electrons. The average Bonchev–Trinajstić information content (AvgIpc) is 2.77. The van der Waals surface area contributed by atoms with Gasteiger partial charge in [0.2, 0.25) is 0 Å². The molecule has 2 fully saturated rings. The number of aryl methyl sites for hydroxylation is 2. The van der Waals surface area contributed by atoms with Crippen molar-refractivity contribution in [2.75, 3.05) is 0 Å². The molecule has 0 heteroatoms. The highest BCUT2D eigenvalue weighted by molar-refractivity contribution is 5.39. The summed E-state index contributed by atoms with van der Waals surface area (Å²) in [4.78, 5) is 0. The Kier molecular flexibility index (Phi) is 11.3. The zero-order valence-electron chi connectivity index (χ0n) is 20.9. The summed E-state index contributed by atoms with van der Waals surface area (Å²) in [5.41, 5.74) is 6.39. The van der Waals surface area contributed by atoms with Crippen molar-refractivity contribution in [2.24, 2.45) is 23.7 Å². The van der Waals surface area contributed by atoms with Crippen molar-refractivity contribution >= 4 is 0 Å². The van der Waals surface area contributed by atoms with E-state index in [9.17, 15) is 0 Å². The molecule has 2 aliphatic carbocycles. The fourth-order valence-electron chi connectivity index (χ4n) is 6.22. The highest BCUT2D eigenvalue weighted by atomic mass is 14.3. The van der Waals surface area contributed by atoms with Gasteiger partial charge in [0.15, 0.2) is 0 Å². The molecule has 30 heavy (non-hydrogen) atoms. The second-order valence-electron chi connectivity index (χ2n) is 10.00. The van der Waals surface area contributed by atoms with Gasteiger partial charge in [-0.1, -0.05) is 65.2 Å². The molecule has 2 aliphatic rings. The van der Waals surface area contributed by atoms with Crippen molar-refractivity contribution in [1.82, 2.24) is 0 Å². The van der Waals surface area contributed by atoms with Crippen molar-refractivity contribution in [3.05, 3.63) is 47.0 Å². The molecule has 0 heterocycles. The monoisotopic (exact) mass is 410 g/mol. The van der Waals surface area contributed by atoms with Gasteiger partial charge in [-0.15, -0.1) is 6.58 Å². The van der Waals surface area contributed by atoms with Crippen LogP contribution in [0.2, 0.25) is 0 Å². The van der Waals surface area contributed by atoms with Gasteiger partial charge in [-0.3, -0.25) is 0 Å². The maximum Gasteiger partial charge on any atom is -0.0236 e. The molecule has 0 atom stereocenters. The van der Waals surface area contributed by atoms with Crippen molar-refractivity contribution < 1.29 is 0 Å². The first kappa shape index (κ1) is 25.2. The second-order valence-corrected chi connectivity index (χ2v) is 10.00. The van der Waals surface area contributed by atoms with Crippen LogP contribution in [0.25, 0.3) is 0 Å². The predicted molar refractivity (Wildman–Crippen MR) is 135 cm³/mol. The molecule has 0 spiro atoms. The van der Waals surface area contributed by atoms with E-state index in [-0.39, 0.29) is 0 Å². The number of allylic oxidation sites excluding steroid dienone is 1. The maximum absolute atomic E-state index is 4.00. The summed E-state index contributed by atoms with van der Waals surface area (Å²) in [6, 6.07) is 5.06. The lowest BCUT2D eigenvalue weighted by Crippen LogP contribution is -2.21. The van der Waals surface area contributed by atoms with Crippen LogP contribution in [-0.4, -0.2) is 0 Å².